The van der Waals surface area contributed by atoms with Gasteiger partial charge in [0, 0.05) is 30.1 Å². The van der Waals surface area contributed by atoms with E-state index in [1.165, 1.54) is 0 Å². The van der Waals surface area contributed by atoms with Gasteiger partial charge in [-0.3, -0.25) is 14.9 Å². The zero-order chi connectivity index (χ0) is 16.2. The molecule has 0 radical (unpaired) electrons. The molecular weight excluding hydrogens is 296 g/mol. The van der Waals surface area contributed by atoms with Gasteiger partial charge in [0.25, 0.3) is 5.91 Å². The molecule has 1 saturated heterocycles. The van der Waals surface area contributed by atoms with Crippen LogP contribution in [0.4, 0.5) is 4.79 Å². The molecule has 1 fully saturated rings. The molecule has 1 aliphatic heterocycles. The van der Waals surface area contributed by atoms with Gasteiger partial charge >= 0.3 is 6.03 Å². The highest BCUT2D eigenvalue weighted by Crippen LogP contribution is 2.17. The molecule has 2 heterocycles. The van der Waals surface area contributed by atoms with Crippen LogP contribution in [0.15, 0.2) is 30.5 Å². The first kappa shape index (κ1) is 15.1. The fourth-order valence-electron chi connectivity index (χ4n) is 2.70. The van der Waals surface area contributed by atoms with Gasteiger partial charge in [-0.05, 0) is 24.5 Å². The molecule has 0 unspecified atom stereocenters. The fraction of sp³-hybridized carbons (Fsp3) is 0.312. The van der Waals surface area contributed by atoms with E-state index in [2.05, 4.69) is 20.9 Å². The smallest absolute Gasteiger partial charge is 0.322 e. The van der Waals surface area contributed by atoms with E-state index in [9.17, 15) is 14.4 Å². The van der Waals surface area contributed by atoms with Crippen LogP contribution < -0.4 is 16.0 Å². The number of hydrogen-bond donors (Lipinski definition) is 4. The van der Waals surface area contributed by atoms with Crippen LogP contribution in [0.1, 0.15) is 18.4 Å². The number of amides is 4. The molecule has 2 aromatic rings. The van der Waals surface area contributed by atoms with Gasteiger partial charge in [-0.2, -0.15) is 0 Å². The first-order chi connectivity index (χ1) is 11.1. The molecule has 3 rings (SSSR count). The maximum atomic E-state index is 11.8. The van der Waals surface area contributed by atoms with Crippen LogP contribution in [-0.2, 0) is 16.0 Å². The van der Waals surface area contributed by atoms with Crippen molar-refractivity contribution in [2.45, 2.75) is 25.3 Å². The molecule has 7 heteroatoms. The molecule has 120 valence electrons. The number of H-pyrrole nitrogens is 1. The minimum absolute atomic E-state index is 0.126. The third-order valence-electron chi connectivity index (χ3n) is 3.91. The largest absolute Gasteiger partial charge is 0.361 e. The second kappa shape index (κ2) is 6.51. The van der Waals surface area contributed by atoms with Crippen molar-refractivity contribution in [3.05, 3.63) is 36.0 Å². The number of nitrogens with one attached hydrogen (secondary N) is 4. The Kier molecular flexibility index (Phi) is 4.27. The predicted octanol–water partition coefficient (Wildman–Crippen LogP) is 0.815. The molecule has 4 N–H and O–H groups in total. The number of imide groups is 1. The zero-order valence-corrected chi connectivity index (χ0v) is 12.5. The van der Waals surface area contributed by atoms with E-state index in [1.54, 1.807) is 0 Å². The minimum atomic E-state index is -0.609. The summed E-state index contributed by atoms with van der Waals surface area (Å²) in [5.41, 5.74) is 2.24. The summed E-state index contributed by atoms with van der Waals surface area (Å²) >= 11 is 0. The van der Waals surface area contributed by atoms with Crippen LogP contribution in [0, 0.1) is 0 Å². The number of carbonyl (C=O) groups is 3. The number of carbonyl (C=O) groups excluding carboxylic acids is 3. The lowest BCUT2D eigenvalue weighted by Gasteiger charge is -2.07. The Hall–Kier alpha value is -2.83. The Bertz CT molecular complexity index is 753. The van der Waals surface area contributed by atoms with E-state index in [1.807, 2.05) is 30.5 Å². The predicted molar refractivity (Wildman–Crippen MR) is 84.7 cm³/mol. The molecule has 1 aromatic carbocycles. The normalized spacial score (nSPS) is 17.1. The fourth-order valence-corrected chi connectivity index (χ4v) is 2.70. The molecule has 23 heavy (non-hydrogen) atoms. The molecular formula is C16H18N4O3. The standard InChI is InChI=1S/C16H18N4O3/c21-14(6-5-13-15(22)20-16(23)19-13)17-8-7-10-9-18-12-4-2-1-3-11(10)12/h1-4,9,13,18H,5-8H2,(H,17,21)(H2,19,20,22,23)/t13-/m1/s1. The maximum Gasteiger partial charge on any atom is 0.322 e. The Morgan fingerprint density at radius 3 is 2.83 bits per heavy atom. The van der Waals surface area contributed by atoms with E-state index >= 15 is 0 Å². The van der Waals surface area contributed by atoms with E-state index in [0.717, 1.165) is 22.9 Å². The van der Waals surface area contributed by atoms with Crippen molar-refractivity contribution in [3.63, 3.8) is 0 Å². The number of para-hydroxylation sites is 1. The number of urea groups is 1. The van der Waals surface area contributed by atoms with Crippen LogP contribution in [0.2, 0.25) is 0 Å². The third kappa shape index (κ3) is 3.50. The molecule has 1 aromatic heterocycles. The number of rotatable bonds is 6. The summed E-state index contributed by atoms with van der Waals surface area (Å²) in [6.45, 7) is 0.532. The SMILES string of the molecule is O=C(CC[C@H]1NC(=O)NC1=O)NCCc1c[nH]c2ccccc12. The summed E-state index contributed by atoms with van der Waals surface area (Å²) in [5.74, 6) is -0.500. The first-order valence-electron chi connectivity index (χ1n) is 7.56. The number of fused-ring (bicyclic) bond motifs is 1. The summed E-state index contributed by atoms with van der Waals surface area (Å²) < 4.78 is 0. The van der Waals surface area contributed by atoms with Crippen molar-refractivity contribution in [1.82, 2.24) is 20.9 Å². The van der Waals surface area contributed by atoms with Gasteiger partial charge in [0.15, 0.2) is 0 Å². The van der Waals surface area contributed by atoms with Crippen LogP contribution in [0.5, 0.6) is 0 Å². The summed E-state index contributed by atoms with van der Waals surface area (Å²) in [5, 5.41) is 8.62. The van der Waals surface area contributed by atoms with Crippen LogP contribution in [0.3, 0.4) is 0 Å². The Balaban J connectivity index is 1.43. The topological polar surface area (TPSA) is 103 Å². The average molecular weight is 314 g/mol. The molecule has 1 aliphatic rings. The second-order valence-corrected chi connectivity index (χ2v) is 5.51. The lowest BCUT2D eigenvalue weighted by molar-refractivity contribution is -0.122. The molecule has 0 aliphatic carbocycles. The quantitative estimate of drug-likeness (QED) is 0.593. The van der Waals surface area contributed by atoms with Crippen LogP contribution in [0.25, 0.3) is 10.9 Å². The van der Waals surface area contributed by atoms with Crippen molar-refractivity contribution in [2.24, 2.45) is 0 Å². The van der Waals surface area contributed by atoms with E-state index < -0.39 is 12.1 Å². The summed E-state index contributed by atoms with van der Waals surface area (Å²) in [7, 11) is 0. The van der Waals surface area contributed by atoms with Crippen LogP contribution in [-0.4, -0.2) is 35.4 Å². The highest BCUT2D eigenvalue weighted by molar-refractivity contribution is 6.04. The van der Waals surface area contributed by atoms with Crippen LogP contribution >= 0.6 is 0 Å². The van der Waals surface area contributed by atoms with E-state index in [4.69, 9.17) is 0 Å². The Labute approximate surface area is 132 Å². The summed E-state index contributed by atoms with van der Waals surface area (Å²) in [6.07, 6.45) is 3.19. The maximum absolute atomic E-state index is 11.8. The van der Waals surface area contributed by atoms with Crippen molar-refractivity contribution in [1.29, 1.82) is 0 Å². The van der Waals surface area contributed by atoms with Gasteiger partial charge in [0.05, 0.1) is 0 Å². The molecule has 1 atom stereocenters. The third-order valence-corrected chi connectivity index (χ3v) is 3.91. The van der Waals surface area contributed by atoms with Gasteiger partial charge < -0.3 is 15.6 Å². The number of aromatic nitrogens is 1. The van der Waals surface area contributed by atoms with Gasteiger partial charge in [-0.15, -0.1) is 0 Å². The van der Waals surface area contributed by atoms with Gasteiger partial charge in [0.1, 0.15) is 6.04 Å². The van der Waals surface area contributed by atoms with Crippen molar-refractivity contribution in [3.8, 4) is 0 Å². The number of aromatic amines is 1. The summed E-state index contributed by atoms with van der Waals surface area (Å²) in [6, 6.07) is 6.91. The van der Waals surface area contributed by atoms with Gasteiger partial charge in [-0.25, -0.2) is 4.79 Å². The molecule has 4 amide bonds. The van der Waals surface area contributed by atoms with E-state index in [0.29, 0.717) is 13.0 Å². The van der Waals surface area contributed by atoms with Gasteiger partial charge in [0.2, 0.25) is 5.91 Å². The lowest BCUT2D eigenvalue weighted by atomic mass is 10.1. The van der Waals surface area contributed by atoms with Crippen molar-refractivity contribution >= 4 is 28.7 Å². The number of benzene rings is 1. The molecule has 0 spiro atoms. The minimum Gasteiger partial charge on any atom is -0.361 e. The molecule has 0 saturated carbocycles. The first-order valence-corrected chi connectivity index (χ1v) is 7.56. The van der Waals surface area contributed by atoms with Crippen molar-refractivity contribution < 1.29 is 14.4 Å². The highest BCUT2D eigenvalue weighted by atomic mass is 16.2. The van der Waals surface area contributed by atoms with E-state index in [-0.39, 0.29) is 18.2 Å². The Morgan fingerprint density at radius 2 is 2.04 bits per heavy atom. The molecule has 0 bridgehead atoms. The Morgan fingerprint density at radius 1 is 1.22 bits per heavy atom. The number of hydrogen-bond acceptors (Lipinski definition) is 3. The zero-order valence-electron chi connectivity index (χ0n) is 12.5. The van der Waals surface area contributed by atoms with Crippen molar-refractivity contribution in [2.75, 3.05) is 6.54 Å². The summed E-state index contributed by atoms with van der Waals surface area (Å²) in [4.78, 5) is 37.4. The average Bonchev–Trinajstić information content (AvgIpc) is 3.08. The highest BCUT2D eigenvalue weighted by Gasteiger charge is 2.29. The lowest BCUT2D eigenvalue weighted by Crippen LogP contribution is -2.32. The van der Waals surface area contributed by atoms with Gasteiger partial charge in [-0.1, -0.05) is 18.2 Å². The monoisotopic (exact) mass is 314 g/mol. The second-order valence-electron chi connectivity index (χ2n) is 5.51. The molecule has 7 nitrogen and oxygen atoms in total.